The first-order chi connectivity index (χ1) is 9.93. The number of rotatable bonds is 5. The van der Waals surface area contributed by atoms with Crippen LogP contribution in [-0.2, 0) is 24.6 Å². The molecule has 120 valence electrons. The van der Waals surface area contributed by atoms with Crippen molar-refractivity contribution in [3.05, 3.63) is 16.4 Å². The summed E-state index contributed by atoms with van der Waals surface area (Å²) < 4.78 is 7.56. The van der Waals surface area contributed by atoms with E-state index in [4.69, 9.17) is 16.3 Å². The van der Waals surface area contributed by atoms with E-state index < -0.39 is 11.7 Å². The largest absolute Gasteiger partial charge is 0.390 e. The Hall–Kier alpha value is -0.580. The van der Waals surface area contributed by atoms with Gasteiger partial charge < -0.3 is 9.84 Å². The second-order valence-corrected chi connectivity index (χ2v) is 6.75. The number of methoxy groups -OCH3 is 1. The molecule has 1 aliphatic carbocycles. The van der Waals surface area contributed by atoms with Gasteiger partial charge in [-0.25, -0.2) is 0 Å². The zero-order valence-electron chi connectivity index (χ0n) is 13.5. The SMILES string of the molecule is CCc1nn(C)c(CC(O)C2(OC)CCCC(C)C2)c1Cl. The Labute approximate surface area is 132 Å². The Morgan fingerprint density at radius 3 is 2.81 bits per heavy atom. The molecule has 1 aromatic heterocycles. The van der Waals surface area contributed by atoms with E-state index in [0.29, 0.717) is 17.4 Å². The minimum absolute atomic E-state index is 0.447. The predicted molar refractivity (Wildman–Crippen MR) is 84.7 cm³/mol. The van der Waals surface area contributed by atoms with Gasteiger partial charge in [0, 0.05) is 20.6 Å². The van der Waals surface area contributed by atoms with Gasteiger partial charge >= 0.3 is 0 Å². The van der Waals surface area contributed by atoms with Crippen LogP contribution in [0.5, 0.6) is 0 Å². The first kappa shape index (κ1) is 16.8. The number of halogens is 1. The molecule has 1 N–H and O–H groups in total. The zero-order chi connectivity index (χ0) is 15.6. The molecule has 21 heavy (non-hydrogen) atoms. The minimum Gasteiger partial charge on any atom is -0.390 e. The average Bonchev–Trinajstić information content (AvgIpc) is 2.74. The molecule has 0 saturated heterocycles. The normalized spacial score (nSPS) is 27.8. The lowest BCUT2D eigenvalue weighted by Gasteiger charge is -2.42. The summed E-state index contributed by atoms with van der Waals surface area (Å²) in [7, 11) is 3.60. The van der Waals surface area contributed by atoms with Crippen molar-refractivity contribution in [1.82, 2.24) is 9.78 Å². The van der Waals surface area contributed by atoms with E-state index in [1.54, 1.807) is 11.8 Å². The number of hydrogen-bond acceptors (Lipinski definition) is 3. The van der Waals surface area contributed by atoms with E-state index in [0.717, 1.165) is 37.1 Å². The first-order valence-corrected chi connectivity index (χ1v) is 8.24. The molecule has 0 aromatic carbocycles. The summed E-state index contributed by atoms with van der Waals surface area (Å²) in [4.78, 5) is 0. The summed E-state index contributed by atoms with van der Waals surface area (Å²) in [5, 5.41) is 15.9. The first-order valence-electron chi connectivity index (χ1n) is 7.87. The summed E-state index contributed by atoms with van der Waals surface area (Å²) >= 11 is 6.39. The fourth-order valence-electron chi connectivity index (χ4n) is 3.58. The van der Waals surface area contributed by atoms with Crippen molar-refractivity contribution in [3.8, 4) is 0 Å². The Kier molecular flexibility index (Phi) is 5.33. The molecule has 1 heterocycles. The van der Waals surface area contributed by atoms with Crippen molar-refractivity contribution in [3.63, 3.8) is 0 Å². The monoisotopic (exact) mass is 314 g/mol. The molecule has 4 nitrogen and oxygen atoms in total. The topological polar surface area (TPSA) is 47.3 Å². The summed E-state index contributed by atoms with van der Waals surface area (Å²) in [6.45, 7) is 4.26. The lowest BCUT2D eigenvalue weighted by Crippen LogP contribution is -2.48. The second-order valence-electron chi connectivity index (χ2n) is 6.37. The number of aliphatic hydroxyl groups is 1. The lowest BCUT2D eigenvalue weighted by atomic mass is 9.74. The fraction of sp³-hybridized carbons (Fsp3) is 0.812. The van der Waals surface area contributed by atoms with Crippen LogP contribution in [0.25, 0.3) is 0 Å². The third kappa shape index (κ3) is 3.27. The van der Waals surface area contributed by atoms with Crippen LogP contribution in [0.2, 0.25) is 5.02 Å². The highest BCUT2D eigenvalue weighted by atomic mass is 35.5. The molecule has 0 bridgehead atoms. The van der Waals surface area contributed by atoms with Crippen molar-refractivity contribution in [1.29, 1.82) is 0 Å². The molecule has 5 heteroatoms. The molecular weight excluding hydrogens is 288 g/mol. The maximum absolute atomic E-state index is 10.8. The zero-order valence-corrected chi connectivity index (χ0v) is 14.3. The Morgan fingerprint density at radius 2 is 2.29 bits per heavy atom. The van der Waals surface area contributed by atoms with Crippen molar-refractivity contribution < 1.29 is 9.84 Å². The minimum atomic E-state index is -0.553. The predicted octanol–water partition coefficient (Wildman–Crippen LogP) is 3.13. The molecule has 0 radical (unpaired) electrons. The molecule has 1 saturated carbocycles. The molecule has 3 atom stereocenters. The highest BCUT2D eigenvalue weighted by Gasteiger charge is 2.42. The van der Waals surface area contributed by atoms with Crippen LogP contribution in [0, 0.1) is 5.92 Å². The highest BCUT2D eigenvalue weighted by Crippen LogP contribution is 2.38. The third-order valence-electron chi connectivity index (χ3n) is 4.89. The molecule has 0 aliphatic heterocycles. The highest BCUT2D eigenvalue weighted by molar-refractivity contribution is 6.31. The molecule has 3 unspecified atom stereocenters. The maximum atomic E-state index is 10.8. The number of ether oxygens (including phenoxy) is 1. The van der Waals surface area contributed by atoms with E-state index in [-0.39, 0.29) is 0 Å². The maximum Gasteiger partial charge on any atom is 0.0942 e. The molecule has 2 rings (SSSR count). The number of hydrogen-bond donors (Lipinski definition) is 1. The molecule has 1 aromatic rings. The van der Waals surface area contributed by atoms with Crippen molar-refractivity contribution in [2.75, 3.05) is 7.11 Å². The van der Waals surface area contributed by atoms with Gasteiger partial charge in [-0.15, -0.1) is 0 Å². The van der Waals surface area contributed by atoms with Gasteiger partial charge in [0.2, 0.25) is 0 Å². The summed E-state index contributed by atoms with van der Waals surface area (Å²) in [5.41, 5.74) is 1.35. The van der Waals surface area contributed by atoms with Crippen LogP contribution in [0.4, 0.5) is 0 Å². The van der Waals surface area contributed by atoms with Gasteiger partial charge in [0.25, 0.3) is 0 Å². The van der Waals surface area contributed by atoms with Crippen LogP contribution in [0.15, 0.2) is 0 Å². The van der Waals surface area contributed by atoms with E-state index >= 15 is 0 Å². The van der Waals surface area contributed by atoms with Crippen LogP contribution < -0.4 is 0 Å². The second kappa shape index (κ2) is 6.67. The van der Waals surface area contributed by atoms with Crippen molar-refractivity contribution >= 4 is 11.6 Å². The van der Waals surface area contributed by atoms with Gasteiger partial charge in [-0.3, -0.25) is 4.68 Å². The lowest BCUT2D eigenvalue weighted by molar-refractivity contribution is -0.131. The Bertz CT molecular complexity index is 489. The Morgan fingerprint density at radius 1 is 1.57 bits per heavy atom. The van der Waals surface area contributed by atoms with Gasteiger partial charge in [-0.05, 0) is 25.2 Å². The summed E-state index contributed by atoms with van der Waals surface area (Å²) in [6, 6.07) is 0. The molecular formula is C16H27ClN2O2. The van der Waals surface area contributed by atoms with E-state index in [2.05, 4.69) is 12.0 Å². The molecule has 0 spiro atoms. The van der Waals surface area contributed by atoms with Crippen molar-refractivity contribution in [2.24, 2.45) is 13.0 Å². The van der Waals surface area contributed by atoms with Gasteiger partial charge in [-0.2, -0.15) is 5.10 Å². The number of aliphatic hydroxyl groups excluding tert-OH is 1. The number of nitrogens with zero attached hydrogens (tertiary/aromatic N) is 2. The fourth-order valence-corrected chi connectivity index (χ4v) is 3.95. The van der Waals surface area contributed by atoms with E-state index in [1.807, 2.05) is 14.0 Å². The van der Waals surface area contributed by atoms with Crippen LogP contribution >= 0.6 is 11.6 Å². The Balaban J connectivity index is 2.20. The van der Waals surface area contributed by atoms with E-state index in [1.165, 1.54) is 6.42 Å². The summed E-state index contributed by atoms with van der Waals surface area (Å²) in [6.07, 6.45) is 4.86. The van der Waals surface area contributed by atoms with Crippen LogP contribution in [0.1, 0.15) is 50.9 Å². The van der Waals surface area contributed by atoms with Gasteiger partial charge in [-0.1, -0.05) is 38.3 Å². The van der Waals surface area contributed by atoms with E-state index in [9.17, 15) is 5.11 Å². The van der Waals surface area contributed by atoms with Gasteiger partial charge in [0.05, 0.1) is 28.1 Å². The number of aromatic nitrogens is 2. The molecule has 1 aliphatic rings. The van der Waals surface area contributed by atoms with Crippen LogP contribution in [0.3, 0.4) is 0 Å². The van der Waals surface area contributed by atoms with Crippen LogP contribution in [-0.4, -0.2) is 33.7 Å². The number of aryl methyl sites for hydroxylation is 2. The standard InChI is InChI=1S/C16H27ClN2O2/c1-5-12-15(17)13(19(3)18-12)9-14(20)16(21-4)8-6-7-11(2)10-16/h11,14,20H,5-10H2,1-4H3. The molecule has 1 fully saturated rings. The van der Waals surface area contributed by atoms with Gasteiger partial charge in [0.1, 0.15) is 0 Å². The van der Waals surface area contributed by atoms with Crippen molar-refractivity contribution in [2.45, 2.75) is 64.1 Å². The third-order valence-corrected chi connectivity index (χ3v) is 5.33. The van der Waals surface area contributed by atoms with Gasteiger partial charge in [0.15, 0.2) is 0 Å². The average molecular weight is 315 g/mol. The summed E-state index contributed by atoms with van der Waals surface area (Å²) in [5.74, 6) is 0.585. The smallest absolute Gasteiger partial charge is 0.0942 e. The molecule has 0 amide bonds. The quantitative estimate of drug-likeness (QED) is 0.908.